The van der Waals surface area contributed by atoms with Gasteiger partial charge in [-0.25, -0.2) is 0 Å². The number of para-hydroxylation sites is 1. The average Bonchev–Trinajstić information content (AvgIpc) is 2.73. The third kappa shape index (κ3) is 2.43. The normalized spacial score (nSPS) is 20.0. The van der Waals surface area contributed by atoms with Crippen molar-refractivity contribution in [2.45, 2.75) is 19.5 Å². The van der Waals surface area contributed by atoms with Gasteiger partial charge in [-0.1, -0.05) is 18.2 Å². The standard InChI is InChI=1S/C16H22N4O/c1-11-12-5-3-4-6-13(12)19(2)15(11)10-20-8-7-18-9-14(20)16(17)21/h3-6,14,18H,7-10H2,1-2H3,(H2,17,21). The Hall–Kier alpha value is -1.85. The van der Waals surface area contributed by atoms with Crippen molar-refractivity contribution in [2.24, 2.45) is 12.8 Å². The molecule has 1 aromatic heterocycles. The zero-order valence-electron chi connectivity index (χ0n) is 12.6. The van der Waals surface area contributed by atoms with E-state index in [1.54, 1.807) is 0 Å². The van der Waals surface area contributed by atoms with Crippen molar-refractivity contribution >= 4 is 16.8 Å². The lowest BCUT2D eigenvalue weighted by Crippen LogP contribution is -2.56. The minimum atomic E-state index is -0.251. The predicted octanol–water partition coefficient (Wildman–Crippen LogP) is 0.746. The summed E-state index contributed by atoms with van der Waals surface area (Å²) in [6.07, 6.45) is 0. The third-order valence-electron chi connectivity index (χ3n) is 4.54. The van der Waals surface area contributed by atoms with Crippen LogP contribution in [0.4, 0.5) is 0 Å². The molecule has 0 spiro atoms. The Morgan fingerprint density at radius 2 is 2.19 bits per heavy atom. The molecule has 0 saturated carbocycles. The molecule has 1 atom stereocenters. The van der Waals surface area contributed by atoms with Crippen molar-refractivity contribution < 1.29 is 4.79 Å². The number of carbonyl (C=O) groups excluding carboxylic acids is 1. The van der Waals surface area contributed by atoms with Gasteiger partial charge in [-0.2, -0.15) is 0 Å². The number of fused-ring (bicyclic) bond motifs is 1. The van der Waals surface area contributed by atoms with Gasteiger partial charge in [0.15, 0.2) is 0 Å². The van der Waals surface area contributed by atoms with Crippen LogP contribution in [-0.4, -0.2) is 41.1 Å². The molecular weight excluding hydrogens is 264 g/mol. The van der Waals surface area contributed by atoms with Crippen molar-refractivity contribution in [2.75, 3.05) is 19.6 Å². The van der Waals surface area contributed by atoms with Crippen LogP contribution in [0.2, 0.25) is 0 Å². The molecule has 1 amide bonds. The second kappa shape index (κ2) is 5.50. The fraction of sp³-hybridized carbons (Fsp3) is 0.438. The summed E-state index contributed by atoms with van der Waals surface area (Å²) in [5.74, 6) is -0.251. The van der Waals surface area contributed by atoms with E-state index < -0.39 is 0 Å². The maximum Gasteiger partial charge on any atom is 0.236 e. The summed E-state index contributed by atoms with van der Waals surface area (Å²) < 4.78 is 2.23. The van der Waals surface area contributed by atoms with Crippen LogP contribution in [0.5, 0.6) is 0 Å². The molecule has 3 N–H and O–H groups in total. The highest BCUT2D eigenvalue weighted by molar-refractivity contribution is 5.85. The molecule has 1 aliphatic heterocycles. The molecule has 112 valence electrons. The average molecular weight is 286 g/mol. The van der Waals surface area contributed by atoms with Gasteiger partial charge >= 0.3 is 0 Å². The zero-order chi connectivity index (χ0) is 15.0. The molecule has 1 aromatic carbocycles. The summed E-state index contributed by atoms with van der Waals surface area (Å²) in [5.41, 5.74) is 9.31. The van der Waals surface area contributed by atoms with E-state index >= 15 is 0 Å². The van der Waals surface area contributed by atoms with Gasteiger partial charge in [0.05, 0.1) is 0 Å². The smallest absolute Gasteiger partial charge is 0.236 e. The van der Waals surface area contributed by atoms with Gasteiger partial charge in [0, 0.05) is 49.8 Å². The first-order chi connectivity index (χ1) is 10.1. The van der Waals surface area contributed by atoms with Crippen molar-refractivity contribution in [3.8, 4) is 0 Å². The fourth-order valence-electron chi connectivity index (χ4n) is 3.27. The first kappa shape index (κ1) is 14.1. The Balaban J connectivity index is 1.95. The van der Waals surface area contributed by atoms with E-state index in [0.717, 1.165) is 19.6 Å². The summed E-state index contributed by atoms with van der Waals surface area (Å²) in [7, 11) is 2.09. The molecule has 1 saturated heterocycles. The number of nitrogens with zero attached hydrogens (tertiary/aromatic N) is 2. The number of aryl methyl sites for hydroxylation is 2. The van der Waals surface area contributed by atoms with E-state index in [-0.39, 0.29) is 11.9 Å². The molecule has 0 bridgehead atoms. The minimum Gasteiger partial charge on any atom is -0.368 e. The molecule has 5 heteroatoms. The Kier molecular flexibility index (Phi) is 3.69. The van der Waals surface area contributed by atoms with Crippen LogP contribution in [-0.2, 0) is 18.4 Å². The number of amides is 1. The predicted molar refractivity (Wildman–Crippen MR) is 83.9 cm³/mol. The Morgan fingerprint density at radius 3 is 2.90 bits per heavy atom. The highest BCUT2D eigenvalue weighted by Gasteiger charge is 2.28. The van der Waals surface area contributed by atoms with Crippen LogP contribution in [0.25, 0.3) is 10.9 Å². The number of nitrogens with two attached hydrogens (primary N) is 1. The molecule has 1 unspecified atom stereocenters. The lowest BCUT2D eigenvalue weighted by molar-refractivity contribution is -0.124. The maximum atomic E-state index is 11.6. The van der Waals surface area contributed by atoms with Crippen molar-refractivity contribution in [1.29, 1.82) is 0 Å². The largest absolute Gasteiger partial charge is 0.368 e. The number of carbonyl (C=O) groups is 1. The van der Waals surface area contributed by atoms with Crippen molar-refractivity contribution in [3.05, 3.63) is 35.5 Å². The summed E-state index contributed by atoms with van der Waals surface area (Å²) in [6, 6.07) is 8.18. The fourth-order valence-corrected chi connectivity index (χ4v) is 3.27. The SMILES string of the molecule is Cc1c(CN2CCNCC2C(N)=O)n(C)c2ccccc12. The van der Waals surface area contributed by atoms with Crippen LogP contribution < -0.4 is 11.1 Å². The van der Waals surface area contributed by atoms with E-state index in [1.165, 1.54) is 22.2 Å². The van der Waals surface area contributed by atoms with E-state index in [9.17, 15) is 4.79 Å². The molecule has 0 aliphatic carbocycles. The second-order valence-corrected chi connectivity index (χ2v) is 5.74. The number of aromatic nitrogens is 1. The van der Waals surface area contributed by atoms with E-state index in [4.69, 9.17) is 5.73 Å². The highest BCUT2D eigenvalue weighted by Crippen LogP contribution is 2.26. The molecule has 2 aromatic rings. The Labute approximate surface area is 124 Å². The van der Waals surface area contributed by atoms with E-state index in [2.05, 4.69) is 53.0 Å². The van der Waals surface area contributed by atoms with Crippen LogP contribution in [0.15, 0.2) is 24.3 Å². The van der Waals surface area contributed by atoms with E-state index in [1.807, 2.05) is 0 Å². The van der Waals surface area contributed by atoms with Gasteiger partial charge in [0.2, 0.25) is 5.91 Å². The van der Waals surface area contributed by atoms with Gasteiger partial charge in [-0.05, 0) is 18.6 Å². The lowest BCUT2D eigenvalue weighted by atomic mass is 10.1. The van der Waals surface area contributed by atoms with Crippen LogP contribution >= 0.6 is 0 Å². The molecule has 2 heterocycles. The quantitative estimate of drug-likeness (QED) is 0.875. The van der Waals surface area contributed by atoms with Crippen LogP contribution in [0.3, 0.4) is 0 Å². The van der Waals surface area contributed by atoms with Gasteiger partial charge in [-0.15, -0.1) is 0 Å². The number of hydrogen-bond donors (Lipinski definition) is 2. The molecule has 5 nitrogen and oxygen atoms in total. The zero-order valence-corrected chi connectivity index (χ0v) is 12.6. The number of primary amides is 1. The lowest BCUT2D eigenvalue weighted by Gasteiger charge is -2.34. The van der Waals surface area contributed by atoms with Gasteiger partial charge in [0.25, 0.3) is 0 Å². The number of piperazine rings is 1. The van der Waals surface area contributed by atoms with Gasteiger partial charge < -0.3 is 15.6 Å². The summed E-state index contributed by atoms with van der Waals surface area (Å²) in [5, 5.41) is 4.52. The Morgan fingerprint density at radius 1 is 1.43 bits per heavy atom. The van der Waals surface area contributed by atoms with Gasteiger partial charge in [0.1, 0.15) is 6.04 Å². The molecule has 1 fully saturated rings. The monoisotopic (exact) mass is 286 g/mol. The highest BCUT2D eigenvalue weighted by atomic mass is 16.1. The van der Waals surface area contributed by atoms with Crippen molar-refractivity contribution in [1.82, 2.24) is 14.8 Å². The van der Waals surface area contributed by atoms with Crippen LogP contribution in [0, 0.1) is 6.92 Å². The first-order valence-electron chi connectivity index (χ1n) is 7.36. The van der Waals surface area contributed by atoms with Crippen molar-refractivity contribution in [3.63, 3.8) is 0 Å². The van der Waals surface area contributed by atoms with Crippen LogP contribution in [0.1, 0.15) is 11.3 Å². The number of rotatable bonds is 3. The number of nitrogens with one attached hydrogen (secondary N) is 1. The third-order valence-corrected chi connectivity index (χ3v) is 4.54. The van der Waals surface area contributed by atoms with E-state index in [0.29, 0.717) is 6.54 Å². The summed E-state index contributed by atoms with van der Waals surface area (Å²) >= 11 is 0. The maximum absolute atomic E-state index is 11.6. The molecule has 21 heavy (non-hydrogen) atoms. The molecule has 0 radical (unpaired) electrons. The number of benzene rings is 1. The molecule has 3 rings (SSSR count). The summed E-state index contributed by atoms with van der Waals surface area (Å²) in [4.78, 5) is 13.8. The number of hydrogen-bond acceptors (Lipinski definition) is 3. The molecule has 1 aliphatic rings. The Bertz CT molecular complexity index is 637. The first-order valence-corrected chi connectivity index (χ1v) is 7.36. The minimum absolute atomic E-state index is 0.226. The van der Waals surface area contributed by atoms with Gasteiger partial charge in [-0.3, -0.25) is 9.69 Å². The topological polar surface area (TPSA) is 63.3 Å². The summed E-state index contributed by atoms with van der Waals surface area (Å²) in [6.45, 7) is 5.28. The molecular formula is C16H22N4O. The second-order valence-electron chi connectivity index (χ2n) is 5.74.